The quantitative estimate of drug-likeness (QED) is 0.119. The van der Waals surface area contributed by atoms with Crippen molar-refractivity contribution in [3.8, 4) is 0 Å². The number of nitrogens with zero attached hydrogens (tertiary/aromatic N) is 1. The number of cyclic esters (lactones) is 1. The second kappa shape index (κ2) is 27.5. The Morgan fingerprint density at radius 1 is 0.853 bits per heavy atom. The van der Waals surface area contributed by atoms with E-state index in [0.717, 1.165) is 12.0 Å². The van der Waals surface area contributed by atoms with E-state index in [9.17, 15) is 39.6 Å². The number of piperidine rings is 1. The van der Waals surface area contributed by atoms with Crippen molar-refractivity contribution in [2.75, 3.05) is 41.1 Å². The van der Waals surface area contributed by atoms with Crippen molar-refractivity contribution < 1.29 is 68.0 Å². The molecule has 386 valence electrons. The fourth-order valence-corrected chi connectivity index (χ4v) is 10.7. The van der Waals surface area contributed by atoms with Crippen LogP contribution >= 0.6 is 0 Å². The van der Waals surface area contributed by atoms with Gasteiger partial charge in [-0.1, -0.05) is 71.1 Å². The number of esters is 1. The minimum Gasteiger partial charge on any atom is -0.460 e. The van der Waals surface area contributed by atoms with Crippen LogP contribution in [0.3, 0.4) is 0 Å². The maximum Gasteiger partial charge on any atom is 0.329 e. The molecule has 0 aromatic heterocycles. The number of carbonyl (C=O) groups is 4. The summed E-state index contributed by atoms with van der Waals surface area (Å²) in [4.78, 5) is 58.4. The van der Waals surface area contributed by atoms with Crippen LogP contribution in [0.25, 0.3) is 0 Å². The molecule has 0 unspecified atom stereocenters. The lowest BCUT2D eigenvalue weighted by molar-refractivity contribution is -0.265. The van der Waals surface area contributed by atoms with Gasteiger partial charge in [-0.25, -0.2) is 4.79 Å². The number of ether oxygens (including phenoxy) is 6. The monoisotopic (exact) mass is 960 g/mol. The van der Waals surface area contributed by atoms with Gasteiger partial charge in [0.1, 0.15) is 30.1 Å². The summed E-state index contributed by atoms with van der Waals surface area (Å²) in [5, 5.41) is 44.3. The number of hydrogen-bond donors (Lipinski definition) is 4. The van der Waals surface area contributed by atoms with Gasteiger partial charge in [0.2, 0.25) is 5.79 Å². The van der Waals surface area contributed by atoms with Crippen LogP contribution < -0.4 is 0 Å². The van der Waals surface area contributed by atoms with Crippen LogP contribution in [-0.2, 0) is 47.6 Å². The predicted octanol–water partition coefficient (Wildman–Crippen LogP) is 5.99. The molecule has 4 rings (SSSR count). The normalized spacial score (nSPS) is 40.2. The zero-order chi connectivity index (χ0) is 50.3. The molecule has 0 aromatic rings. The van der Waals surface area contributed by atoms with Gasteiger partial charge >= 0.3 is 5.97 Å². The van der Waals surface area contributed by atoms with E-state index < -0.39 is 77.9 Å². The van der Waals surface area contributed by atoms with Gasteiger partial charge in [0.15, 0.2) is 0 Å². The number of allylic oxidation sites excluding steroid dienone is 6. The van der Waals surface area contributed by atoms with Crippen molar-refractivity contribution in [2.45, 2.75) is 186 Å². The van der Waals surface area contributed by atoms with Crippen molar-refractivity contribution in [3.05, 3.63) is 47.6 Å². The Morgan fingerprint density at radius 3 is 2.26 bits per heavy atom. The van der Waals surface area contributed by atoms with Crippen molar-refractivity contribution in [3.63, 3.8) is 0 Å². The fraction of sp³-hybridized carbons (Fsp3) is 0.774. The predicted molar refractivity (Wildman–Crippen MR) is 257 cm³/mol. The minimum absolute atomic E-state index is 0.0766. The van der Waals surface area contributed by atoms with Crippen LogP contribution in [0.4, 0.5) is 0 Å². The molecule has 2 bridgehead atoms. The van der Waals surface area contributed by atoms with E-state index >= 15 is 0 Å². The van der Waals surface area contributed by atoms with Gasteiger partial charge in [-0.05, 0) is 113 Å². The Kier molecular flexibility index (Phi) is 23.2. The van der Waals surface area contributed by atoms with Crippen LogP contribution in [-0.4, -0.2) is 151 Å². The van der Waals surface area contributed by atoms with Crippen molar-refractivity contribution in [2.24, 2.45) is 35.5 Å². The molecule has 0 aromatic carbocycles. The Hall–Kier alpha value is -3.12. The summed E-state index contributed by atoms with van der Waals surface area (Å²) in [5.41, 5.74) is 1.34. The number of rotatable bonds is 9. The standard InChI is InChI=1S/C53H85NO14/c1-32-16-12-11-13-17-33(2)44(63-8)30-40-21-19-38(7)53(62,68-40)50(59)51(60)54-23-15-14-18-41(54)52(61)67-45(35(4)28-39-20-22-43(66-25-24-55)46(29-39)64-9)31-42(56)34(3)27-37(6)48(58)49(65-10)47(57)36(5)26-32/h11-13,16-17,27,32,34-36,38-41,43-49,55,57-58,62H,14-15,18-26,28-31H2,1-10H3/b13-11+,16-12+,33-17+,37-27+/t32-,34-,35-,36-,38-,39-,40+,41+,43-,44+,45+,46-,47-,48-,49+,53-/m1/s1. The SMILES string of the molecule is CO[C@H]1[C@H](O)[C@H](C)C[C@H](C)/C=C/C=C/C=C(\C)[C@@H](OC)C[C@@H]2CC[C@@H](C)[C@@](O)(O2)C(=O)C(=O)N2CCCC[C@H]2C(=O)O[C@H]([C@H](C)C[C@H]2CC[C@@H](OCCO)[C@H](OC)C2)CC(=O)[C@H](C)/C=C(\C)[C@H]1O. The van der Waals surface area contributed by atoms with Gasteiger partial charge in [-0.15, -0.1) is 0 Å². The lowest BCUT2D eigenvalue weighted by Crippen LogP contribution is -2.61. The molecule has 2 saturated heterocycles. The number of aliphatic hydroxyl groups is 4. The lowest BCUT2D eigenvalue weighted by atomic mass is 9.78. The van der Waals surface area contributed by atoms with E-state index in [2.05, 4.69) is 0 Å². The van der Waals surface area contributed by atoms with Gasteiger partial charge in [-0.3, -0.25) is 14.4 Å². The summed E-state index contributed by atoms with van der Waals surface area (Å²) in [6, 6.07) is -1.14. The van der Waals surface area contributed by atoms with Crippen LogP contribution in [0.2, 0.25) is 0 Å². The van der Waals surface area contributed by atoms with Crippen LogP contribution in [0.15, 0.2) is 47.6 Å². The van der Waals surface area contributed by atoms with Gasteiger partial charge in [0.25, 0.3) is 11.7 Å². The number of aliphatic hydroxyl groups excluding tert-OH is 3. The third-order valence-corrected chi connectivity index (χ3v) is 15.1. The number of fused-ring (bicyclic) bond motifs is 3. The molecule has 3 fully saturated rings. The summed E-state index contributed by atoms with van der Waals surface area (Å²) in [7, 11) is 4.66. The summed E-state index contributed by atoms with van der Waals surface area (Å²) < 4.78 is 35.7. The highest BCUT2D eigenvalue weighted by atomic mass is 16.6. The van der Waals surface area contributed by atoms with E-state index in [1.54, 1.807) is 41.1 Å². The van der Waals surface area contributed by atoms with Gasteiger partial charge in [-0.2, -0.15) is 0 Å². The van der Waals surface area contributed by atoms with E-state index in [1.807, 2.05) is 58.1 Å². The zero-order valence-electron chi connectivity index (χ0n) is 42.5. The molecule has 1 aliphatic carbocycles. The average molecular weight is 960 g/mol. The molecule has 15 heteroatoms. The molecule has 4 aliphatic rings. The molecule has 16 atom stereocenters. The van der Waals surface area contributed by atoms with Crippen molar-refractivity contribution in [1.29, 1.82) is 0 Å². The first-order valence-corrected chi connectivity index (χ1v) is 25.1. The first-order valence-electron chi connectivity index (χ1n) is 25.1. The first-order chi connectivity index (χ1) is 32.3. The first kappa shape index (κ1) is 57.5. The third kappa shape index (κ3) is 15.4. The highest BCUT2D eigenvalue weighted by Crippen LogP contribution is 2.38. The smallest absolute Gasteiger partial charge is 0.329 e. The molecule has 15 nitrogen and oxygen atoms in total. The van der Waals surface area contributed by atoms with Crippen LogP contribution in [0, 0.1) is 35.5 Å². The van der Waals surface area contributed by atoms with Crippen LogP contribution in [0.5, 0.6) is 0 Å². The third-order valence-electron chi connectivity index (χ3n) is 15.1. The minimum atomic E-state index is -2.43. The Balaban J connectivity index is 1.69. The zero-order valence-corrected chi connectivity index (χ0v) is 42.5. The molecule has 68 heavy (non-hydrogen) atoms. The maximum atomic E-state index is 14.5. The van der Waals surface area contributed by atoms with E-state index in [0.29, 0.717) is 63.4 Å². The number of amides is 1. The number of hydrogen-bond acceptors (Lipinski definition) is 14. The van der Waals surface area contributed by atoms with Gasteiger partial charge in [0, 0.05) is 52.6 Å². The number of ketones is 2. The molecule has 1 amide bonds. The Bertz CT molecular complexity index is 1760. The van der Waals surface area contributed by atoms with Gasteiger partial charge < -0.3 is 53.7 Å². The highest BCUT2D eigenvalue weighted by molar-refractivity contribution is 6.39. The van der Waals surface area contributed by atoms with Crippen LogP contribution in [0.1, 0.15) is 126 Å². The molecule has 4 N–H and O–H groups in total. The number of carbonyl (C=O) groups excluding carboxylic acids is 4. The number of methoxy groups -OCH3 is 3. The molecule has 3 heterocycles. The topological polar surface area (TPSA) is 208 Å². The van der Waals surface area contributed by atoms with Crippen molar-refractivity contribution >= 4 is 23.4 Å². The summed E-state index contributed by atoms with van der Waals surface area (Å²) in [5.74, 6) is -7.35. The van der Waals surface area contributed by atoms with E-state index in [1.165, 1.54) is 12.0 Å². The Morgan fingerprint density at radius 2 is 1.59 bits per heavy atom. The molecule has 1 saturated carbocycles. The number of Topliss-reactive ketones (excluding diaryl/α,β-unsaturated/α-hetero) is 2. The molecular weight excluding hydrogens is 875 g/mol. The van der Waals surface area contributed by atoms with Gasteiger partial charge in [0.05, 0.1) is 43.7 Å². The molecule has 3 aliphatic heterocycles. The summed E-state index contributed by atoms with van der Waals surface area (Å²) in [6.07, 6.45) is 11.7. The molecule has 0 radical (unpaired) electrons. The summed E-state index contributed by atoms with van der Waals surface area (Å²) >= 11 is 0. The largest absolute Gasteiger partial charge is 0.460 e. The van der Waals surface area contributed by atoms with Crippen molar-refractivity contribution in [1.82, 2.24) is 4.90 Å². The molecule has 0 spiro atoms. The van der Waals surface area contributed by atoms with E-state index in [4.69, 9.17) is 28.4 Å². The Labute approximate surface area is 405 Å². The highest BCUT2D eigenvalue weighted by Gasteiger charge is 2.53. The summed E-state index contributed by atoms with van der Waals surface area (Å²) in [6.45, 7) is 13.1. The average Bonchev–Trinajstić information content (AvgIpc) is 3.32. The maximum absolute atomic E-state index is 14.5. The second-order valence-electron chi connectivity index (χ2n) is 20.4. The van der Waals surface area contributed by atoms with E-state index in [-0.39, 0.29) is 74.3 Å². The molecular formula is C53H85NO14. The second-order valence-corrected chi connectivity index (χ2v) is 20.4. The lowest BCUT2D eigenvalue weighted by Gasteiger charge is -2.42. The fourth-order valence-electron chi connectivity index (χ4n) is 10.7.